The average molecular weight is 307 g/mol. The molecule has 114 valence electrons. The Labute approximate surface area is 127 Å². The molecule has 0 saturated carbocycles. The van der Waals surface area contributed by atoms with Gasteiger partial charge in [0.1, 0.15) is 10.7 Å². The molecule has 0 aliphatic heterocycles. The minimum Gasteiger partial charge on any atom is -0.370 e. The highest BCUT2D eigenvalue weighted by Gasteiger charge is 2.15. The standard InChI is InChI=1S/C15H21N3O2S/c1-4-10-8-11-14(21-10)17-13(9(2)3)18(15(11)20)7-5-6-12(16)19/h8-9H,4-7H2,1-3H3,(H2,16,19). The van der Waals surface area contributed by atoms with E-state index in [1.165, 1.54) is 4.88 Å². The molecule has 0 aliphatic carbocycles. The Morgan fingerprint density at radius 2 is 2.19 bits per heavy atom. The van der Waals surface area contributed by atoms with E-state index in [9.17, 15) is 9.59 Å². The summed E-state index contributed by atoms with van der Waals surface area (Å²) in [6, 6.07) is 1.93. The predicted octanol–water partition coefficient (Wildman–Crippen LogP) is 2.41. The van der Waals surface area contributed by atoms with Gasteiger partial charge in [-0.3, -0.25) is 14.2 Å². The fourth-order valence-electron chi connectivity index (χ4n) is 2.32. The number of rotatable bonds is 6. The molecular formula is C15H21N3O2S. The van der Waals surface area contributed by atoms with Gasteiger partial charge in [0.15, 0.2) is 0 Å². The summed E-state index contributed by atoms with van der Waals surface area (Å²) in [6.07, 6.45) is 1.75. The average Bonchev–Trinajstić information content (AvgIpc) is 2.84. The lowest BCUT2D eigenvalue weighted by Gasteiger charge is -2.14. The first-order chi connectivity index (χ1) is 9.93. The van der Waals surface area contributed by atoms with Crippen molar-refractivity contribution in [3.63, 3.8) is 0 Å². The van der Waals surface area contributed by atoms with Crippen LogP contribution < -0.4 is 11.3 Å². The first kappa shape index (κ1) is 15.7. The van der Waals surface area contributed by atoms with Gasteiger partial charge in [-0.1, -0.05) is 20.8 Å². The topological polar surface area (TPSA) is 78.0 Å². The van der Waals surface area contributed by atoms with E-state index in [0.717, 1.165) is 17.1 Å². The van der Waals surface area contributed by atoms with Gasteiger partial charge in [0, 0.05) is 23.8 Å². The van der Waals surface area contributed by atoms with Crippen LogP contribution in [-0.2, 0) is 17.8 Å². The summed E-state index contributed by atoms with van der Waals surface area (Å²) in [5.74, 6) is 0.594. The smallest absolute Gasteiger partial charge is 0.262 e. The number of carbonyl (C=O) groups is 1. The van der Waals surface area contributed by atoms with Crippen LogP contribution in [0.1, 0.15) is 50.2 Å². The summed E-state index contributed by atoms with van der Waals surface area (Å²) in [7, 11) is 0. The van der Waals surface area contributed by atoms with Crippen LogP contribution in [0.4, 0.5) is 0 Å². The lowest BCUT2D eigenvalue weighted by molar-refractivity contribution is -0.118. The fraction of sp³-hybridized carbons (Fsp3) is 0.533. The van der Waals surface area contributed by atoms with E-state index in [1.807, 2.05) is 19.9 Å². The largest absolute Gasteiger partial charge is 0.370 e. The van der Waals surface area contributed by atoms with Crippen LogP contribution in [0.3, 0.4) is 0 Å². The lowest BCUT2D eigenvalue weighted by Crippen LogP contribution is -2.26. The third kappa shape index (κ3) is 3.32. The number of fused-ring (bicyclic) bond motifs is 1. The molecule has 2 aromatic heterocycles. The normalized spacial score (nSPS) is 11.4. The molecule has 0 aromatic carbocycles. The summed E-state index contributed by atoms with van der Waals surface area (Å²) >= 11 is 1.58. The zero-order valence-electron chi connectivity index (χ0n) is 12.7. The minimum absolute atomic E-state index is 0.0101. The Morgan fingerprint density at radius 1 is 1.48 bits per heavy atom. The first-order valence-corrected chi connectivity index (χ1v) is 8.07. The zero-order valence-corrected chi connectivity index (χ0v) is 13.5. The van der Waals surface area contributed by atoms with Crippen molar-refractivity contribution in [1.29, 1.82) is 0 Å². The van der Waals surface area contributed by atoms with E-state index in [0.29, 0.717) is 18.4 Å². The van der Waals surface area contributed by atoms with Crippen molar-refractivity contribution in [3.05, 3.63) is 27.1 Å². The predicted molar refractivity (Wildman–Crippen MR) is 85.8 cm³/mol. The quantitative estimate of drug-likeness (QED) is 0.890. The highest BCUT2D eigenvalue weighted by atomic mass is 32.1. The number of nitrogens with two attached hydrogens (primary N) is 1. The van der Waals surface area contributed by atoms with Crippen LogP contribution in [0, 0.1) is 0 Å². The van der Waals surface area contributed by atoms with Gasteiger partial charge in [0.2, 0.25) is 5.91 Å². The third-order valence-electron chi connectivity index (χ3n) is 3.40. The van der Waals surface area contributed by atoms with Gasteiger partial charge in [-0.05, 0) is 18.9 Å². The van der Waals surface area contributed by atoms with E-state index in [4.69, 9.17) is 5.73 Å². The zero-order chi connectivity index (χ0) is 15.6. The van der Waals surface area contributed by atoms with Crippen LogP contribution in [0.2, 0.25) is 0 Å². The number of aryl methyl sites for hydroxylation is 1. The fourth-order valence-corrected chi connectivity index (χ4v) is 3.29. The van der Waals surface area contributed by atoms with Crippen LogP contribution in [0.15, 0.2) is 10.9 Å². The van der Waals surface area contributed by atoms with Crippen molar-refractivity contribution < 1.29 is 4.79 Å². The summed E-state index contributed by atoms with van der Waals surface area (Å²) in [4.78, 5) is 30.2. The van der Waals surface area contributed by atoms with Crippen LogP contribution in [0.5, 0.6) is 0 Å². The van der Waals surface area contributed by atoms with Gasteiger partial charge in [0.25, 0.3) is 5.56 Å². The Bertz CT molecular complexity index is 716. The molecule has 0 bridgehead atoms. The van der Waals surface area contributed by atoms with Gasteiger partial charge in [0.05, 0.1) is 5.39 Å². The molecule has 0 aliphatic rings. The van der Waals surface area contributed by atoms with Crippen molar-refractivity contribution >= 4 is 27.5 Å². The molecule has 2 rings (SSSR count). The molecule has 0 unspecified atom stereocenters. The number of amides is 1. The van der Waals surface area contributed by atoms with Gasteiger partial charge in [-0.15, -0.1) is 11.3 Å². The summed E-state index contributed by atoms with van der Waals surface area (Å²) < 4.78 is 1.70. The number of nitrogens with zero attached hydrogens (tertiary/aromatic N) is 2. The summed E-state index contributed by atoms with van der Waals surface area (Å²) in [6.45, 7) is 6.59. The number of hydrogen-bond donors (Lipinski definition) is 1. The van der Waals surface area contributed by atoms with Crippen molar-refractivity contribution in [2.24, 2.45) is 5.73 Å². The second kappa shape index (κ2) is 6.39. The van der Waals surface area contributed by atoms with Crippen molar-refractivity contribution in [1.82, 2.24) is 9.55 Å². The number of primary amides is 1. The Hall–Kier alpha value is -1.69. The first-order valence-electron chi connectivity index (χ1n) is 7.25. The van der Waals surface area contributed by atoms with E-state index < -0.39 is 0 Å². The molecule has 2 heterocycles. The van der Waals surface area contributed by atoms with Crippen LogP contribution in [0.25, 0.3) is 10.2 Å². The molecule has 0 spiro atoms. The maximum atomic E-state index is 12.7. The molecule has 1 amide bonds. The minimum atomic E-state index is -0.341. The molecule has 0 atom stereocenters. The Balaban J connectivity index is 2.49. The van der Waals surface area contributed by atoms with Gasteiger partial charge in [-0.25, -0.2) is 4.98 Å². The van der Waals surface area contributed by atoms with Crippen molar-refractivity contribution in [2.45, 2.75) is 52.5 Å². The molecular weight excluding hydrogens is 286 g/mol. The Morgan fingerprint density at radius 3 is 2.76 bits per heavy atom. The van der Waals surface area contributed by atoms with Crippen molar-refractivity contribution in [2.75, 3.05) is 0 Å². The van der Waals surface area contributed by atoms with Gasteiger partial charge < -0.3 is 5.73 Å². The summed E-state index contributed by atoms with van der Waals surface area (Å²) in [5.41, 5.74) is 5.15. The van der Waals surface area contributed by atoms with E-state index in [-0.39, 0.29) is 23.8 Å². The maximum absolute atomic E-state index is 12.7. The SMILES string of the molecule is CCc1cc2c(=O)n(CCCC(N)=O)c(C(C)C)nc2s1. The monoisotopic (exact) mass is 307 g/mol. The molecule has 0 radical (unpaired) electrons. The molecule has 0 saturated heterocycles. The third-order valence-corrected chi connectivity index (χ3v) is 4.57. The number of hydrogen-bond acceptors (Lipinski definition) is 4. The van der Waals surface area contributed by atoms with Gasteiger partial charge >= 0.3 is 0 Å². The highest BCUT2D eigenvalue weighted by molar-refractivity contribution is 7.18. The molecule has 6 heteroatoms. The van der Waals surface area contributed by atoms with E-state index >= 15 is 0 Å². The molecule has 2 N–H and O–H groups in total. The maximum Gasteiger partial charge on any atom is 0.262 e. The number of thiophene rings is 1. The lowest BCUT2D eigenvalue weighted by atomic mass is 10.2. The van der Waals surface area contributed by atoms with E-state index in [2.05, 4.69) is 11.9 Å². The van der Waals surface area contributed by atoms with Crippen LogP contribution in [-0.4, -0.2) is 15.5 Å². The molecule has 21 heavy (non-hydrogen) atoms. The molecule has 0 fully saturated rings. The van der Waals surface area contributed by atoms with Crippen LogP contribution >= 0.6 is 11.3 Å². The number of carbonyl (C=O) groups excluding carboxylic acids is 1. The number of aromatic nitrogens is 2. The Kier molecular flexibility index (Phi) is 4.77. The van der Waals surface area contributed by atoms with Gasteiger partial charge in [-0.2, -0.15) is 0 Å². The molecule has 5 nitrogen and oxygen atoms in total. The van der Waals surface area contributed by atoms with Crippen molar-refractivity contribution in [3.8, 4) is 0 Å². The van der Waals surface area contributed by atoms with E-state index in [1.54, 1.807) is 15.9 Å². The second-order valence-corrected chi connectivity index (χ2v) is 6.55. The highest BCUT2D eigenvalue weighted by Crippen LogP contribution is 2.24. The molecule has 2 aromatic rings. The second-order valence-electron chi connectivity index (χ2n) is 5.44. The summed E-state index contributed by atoms with van der Waals surface area (Å²) in [5, 5.41) is 0.681.